The van der Waals surface area contributed by atoms with Gasteiger partial charge in [0.25, 0.3) is 11.8 Å². The molecule has 0 spiro atoms. The van der Waals surface area contributed by atoms with Crippen LogP contribution in [-0.2, 0) is 4.79 Å². The molecule has 2 amide bonds. The highest BCUT2D eigenvalue weighted by atomic mass is 35.5. The smallest absolute Gasteiger partial charge is 0.263 e. The van der Waals surface area contributed by atoms with Crippen molar-refractivity contribution in [2.24, 2.45) is 0 Å². The van der Waals surface area contributed by atoms with E-state index in [1.807, 2.05) is 49.1 Å². The van der Waals surface area contributed by atoms with Gasteiger partial charge >= 0.3 is 0 Å². The van der Waals surface area contributed by atoms with E-state index in [4.69, 9.17) is 16.3 Å². The lowest BCUT2D eigenvalue weighted by Crippen LogP contribution is -2.43. The highest BCUT2D eigenvalue weighted by molar-refractivity contribution is 6.31. The van der Waals surface area contributed by atoms with Crippen LogP contribution in [0.25, 0.3) is 0 Å². The van der Waals surface area contributed by atoms with E-state index in [1.54, 1.807) is 24.0 Å². The molecule has 0 bridgehead atoms. The minimum Gasteiger partial charge on any atom is -0.481 e. The summed E-state index contributed by atoms with van der Waals surface area (Å²) >= 11 is 6.05. The maximum absolute atomic E-state index is 12.9. The number of benzene rings is 2. The number of rotatable bonds is 4. The van der Waals surface area contributed by atoms with Gasteiger partial charge in [-0.2, -0.15) is 0 Å². The van der Waals surface area contributed by atoms with Crippen LogP contribution in [0.2, 0.25) is 5.02 Å². The molecule has 0 aliphatic carbocycles. The number of aryl methyl sites for hydroxylation is 2. The van der Waals surface area contributed by atoms with Crippen LogP contribution in [0.3, 0.4) is 0 Å². The Morgan fingerprint density at radius 2 is 1.72 bits per heavy atom. The van der Waals surface area contributed by atoms with Crippen LogP contribution in [0.4, 0.5) is 0 Å². The van der Waals surface area contributed by atoms with E-state index in [1.165, 1.54) is 0 Å². The highest BCUT2D eigenvalue weighted by Gasteiger charge is 2.26. The van der Waals surface area contributed by atoms with Crippen molar-refractivity contribution in [3.63, 3.8) is 0 Å². The molecule has 6 heteroatoms. The van der Waals surface area contributed by atoms with Crippen molar-refractivity contribution in [1.29, 1.82) is 0 Å². The number of hydrogen-bond donors (Lipinski definition) is 0. The first-order valence-electron chi connectivity index (χ1n) is 9.92. The van der Waals surface area contributed by atoms with Crippen LogP contribution in [0.5, 0.6) is 5.75 Å². The first-order chi connectivity index (χ1) is 13.8. The van der Waals surface area contributed by atoms with Gasteiger partial charge in [-0.3, -0.25) is 9.59 Å². The van der Waals surface area contributed by atoms with Gasteiger partial charge in [0, 0.05) is 36.8 Å². The van der Waals surface area contributed by atoms with Crippen molar-refractivity contribution in [2.45, 2.75) is 33.3 Å². The number of ether oxygens (including phenoxy) is 1. The Morgan fingerprint density at radius 1 is 1.00 bits per heavy atom. The molecular weight excluding hydrogens is 388 g/mol. The predicted octanol–water partition coefficient (Wildman–Crippen LogP) is 4.10. The molecule has 0 aromatic heterocycles. The molecule has 3 rings (SSSR count). The van der Waals surface area contributed by atoms with E-state index in [0.29, 0.717) is 42.5 Å². The van der Waals surface area contributed by atoms with Crippen LogP contribution in [0.15, 0.2) is 42.5 Å². The fourth-order valence-corrected chi connectivity index (χ4v) is 3.62. The molecule has 2 aromatic rings. The van der Waals surface area contributed by atoms with Gasteiger partial charge in [-0.05, 0) is 63.1 Å². The minimum absolute atomic E-state index is 0.0175. The summed E-state index contributed by atoms with van der Waals surface area (Å²) in [6, 6.07) is 13.0. The summed E-state index contributed by atoms with van der Waals surface area (Å²) in [5.74, 6) is 0.574. The first-order valence-corrected chi connectivity index (χ1v) is 10.3. The minimum atomic E-state index is -0.602. The zero-order chi connectivity index (χ0) is 21.0. The zero-order valence-corrected chi connectivity index (χ0v) is 17.9. The molecule has 0 saturated carbocycles. The summed E-state index contributed by atoms with van der Waals surface area (Å²) in [6.07, 6.45) is 0.144. The van der Waals surface area contributed by atoms with Gasteiger partial charge in [-0.1, -0.05) is 29.3 Å². The lowest BCUT2D eigenvalue weighted by atomic mass is 10.1. The Hall–Kier alpha value is -2.53. The van der Waals surface area contributed by atoms with Crippen molar-refractivity contribution in [3.8, 4) is 5.75 Å². The number of amides is 2. The molecule has 0 N–H and O–H groups in total. The second kappa shape index (κ2) is 9.31. The largest absolute Gasteiger partial charge is 0.481 e. The summed E-state index contributed by atoms with van der Waals surface area (Å²) in [4.78, 5) is 29.3. The van der Waals surface area contributed by atoms with Gasteiger partial charge in [0.15, 0.2) is 6.10 Å². The van der Waals surface area contributed by atoms with E-state index in [-0.39, 0.29) is 11.8 Å². The molecule has 1 fully saturated rings. The van der Waals surface area contributed by atoms with Crippen molar-refractivity contribution in [3.05, 3.63) is 64.2 Å². The topological polar surface area (TPSA) is 49.9 Å². The maximum Gasteiger partial charge on any atom is 0.263 e. The lowest BCUT2D eigenvalue weighted by Gasteiger charge is -2.25. The molecule has 1 heterocycles. The van der Waals surface area contributed by atoms with E-state index in [0.717, 1.165) is 17.5 Å². The van der Waals surface area contributed by atoms with E-state index in [9.17, 15) is 9.59 Å². The summed E-state index contributed by atoms with van der Waals surface area (Å²) < 4.78 is 5.83. The number of carbonyl (C=O) groups excluding carboxylic acids is 2. The van der Waals surface area contributed by atoms with Crippen LogP contribution < -0.4 is 4.74 Å². The monoisotopic (exact) mass is 414 g/mol. The third kappa shape index (κ3) is 5.30. The number of halogens is 1. The van der Waals surface area contributed by atoms with Gasteiger partial charge in [0.05, 0.1) is 0 Å². The molecule has 1 aliphatic heterocycles. The van der Waals surface area contributed by atoms with Gasteiger partial charge in [0.2, 0.25) is 0 Å². The van der Waals surface area contributed by atoms with Crippen molar-refractivity contribution < 1.29 is 14.3 Å². The number of hydrogen-bond acceptors (Lipinski definition) is 3. The Kier molecular flexibility index (Phi) is 6.80. The fourth-order valence-electron chi connectivity index (χ4n) is 3.50. The van der Waals surface area contributed by atoms with E-state index < -0.39 is 6.10 Å². The van der Waals surface area contributed by atoms with Gasteiger partial charge in [-0.25, -0.2) is 0 Å². The second-order valence-corrected chi connectivity index (χ2v) is 7.92. The van der Waals surface area contributed by atoms with Crippen molar-refractivity contribution in [1.82, 2.24) is 9.80 Å². The van der Waals surface area contributed by atoms with Gasteiger partial charge in [-0.15, -0.1) is 0 Å². The lowest BCUT2D eigenvalue weighted by molar-refractivity contribution is -0.137. The highest BCUT2D eigenvalue weighted by Crippen LogP contribution is 2.22. The maximum atomic E-state index is 12.9. The second-order valence-electron chi connectivity index (χ2n) is 7.51. The van der Waals surface area contributed by atoms with Crippen molar-refractivity contribution in [2.75, 3.05) is 26.2 Å². The average molecular weight is 415 g/mol. The quantitative estimate of drug-likeness (QED) is 0.756. The predicted molar refractivity (Wildman–Crippen MR) is 115 cm³/mol. The summed E-state index contributed by atoms with van der Waals surface area (Å²) in [7, 11) is 0. The summed E-state index contributed by atoms with van der Waals surface area (Å²) in [5.41, 5.74) is 2.66. The Morgan fingerprint density at radius 3 is 2.45 bits per heavy atom. The average Bonchev–Trinajstić information content (AvgIpc) is 2.96. The van der Waals surface area contributed by atoms with Crippen molar-refractivity contribution >= 4 is 23.4 Å². The molecule has 154 valence electrons. The normalized spacial score (nSPS) is 15.6. The van der Waals surface area contributed by atoms with Crippen LogP contribution >= 0.6 is 11.6 Å². The third-order valence-electron chi connectivity index (χ3n) is 5.15. The van der Waals surface area contributed by atoms with Gasteiger partial charge in [0.1, 0.15) is 5.75 Å². The Bertz CT molecular complexity index is 899. The molecule has 29 heavy (non-hydrogen) atoms. The number of carbonyl (C=O) groups is 2. The Labute approximate surface area is 177 Å². The fraction of sp³-hybridized carbons (Fsp3) is 0.391. The molecule has 0 radical (unpaired) electrons. The van der Waals surface area contributed by atoms with Crippen LogP contribution in [0.1, 0.15) is 34.8 Å². The third-order valence-corrected chi connectivity index (χ3v) is 5.57. The molecular formula is C23H27ClN2O3. The van der Waals surface area contributed by atoms with E-state index >= 15 is 0 Å². The molecule has 1 aliphatic rings. The van der Waals surface area contributed by atoms with Crippen LogP contribution in [0, 0.1) is 13.8 Å². The zero-order valence-electron chi connectivity index (χ0n) is 17.2. The summed E-state index contributed by atoms with van der Waals surface area (Å²) in [6.45, 7) is 7.91. The molecule has 1 saturated heterocycles. The molecule has 1 atom stereocenters. The molecule has 2 aromatic carbocycles. The standard InChI is InChI=1S/C23H27ClN2O3/c1-16-6-4-7-19(14-16)23(28)26-11-5-10-25(12-13-26)22(27)18(3)29-20-8-9-21(24)17(2)15-20/h4,6-9,14-15,18H,5,10-13H2,1-3H3. The molecule has 1 unspecified atom stereocenters. The Balaban J connectivity index is 1.60. The van der Waals surface area contributed by atoms with Crippen LogP contribution in [-0.4, -0.2) is 53.9 Å². The summed E-state index contributed by atoms with van der Waals surface area (Å²) in [5, 5.41) is 0.669. The molecule has 5 nitrogen and oxygen atoms in total. The van der Waals surface area contributed by atoms with Gasteiger partial charge < -0.3 is 14.5 Å². The first kappa shape index (κ1) is 21.2. The number of nitrogens with zero attached hydrogens (tertiary/aromatic N) is 2. The SMILES string of the molecule is Cc1cccc(C(=O)N2CCCN(C(=O)C(C)Oc3ccc(Cl)c(C)c3)CC2)c1. The van der Waals surface area contributed by atoms with E-state index in [2.05, 4.69) is 0 Å².